The molecule has 88 valence electrons. The second-order valence-electron chi connectivity index (χ2n) is 2.98. The number of anilines is 2. The highest BCUT2D eigenvalue weighted by Crippen LogP contribution is 2.34. The van der Waals surface area contributed by atoms with Crippen LogP contribution < -0.4 is 20.5 Å². The molecule has 0 spiro atoms. The summed E-state index contributed by atoms with van der Waals surface area (Å²) in [4.78, 5) is 11.2. The SMILES string of the molecule is COc1cc(NC(=O)CCl)c(OC)cc1N. The largest absolute Gasteiger partial charge is 0.495 e. The molecule has 6 heteroatoms. The average molecular weight is 245 g/mol. The van der Waals surface area contributed by atoms with E-state index in [0.717, 1.165) is 0 Å². The third-order valence-electron chi connectivity index (χ3n) is 1.95. The number of methoxy groups -OCH3 is 2. The molecule has 0 aliphatic carbocycles. The molecule has 0 unspecified atom stereocenters. The second kappa shape index (κ2) is 5.46. The molecule has 0 radical (unpaired) electrons. The summed E-state index contributed by atoms with van der Waals surface area (Å²) in [6.45, 7) is 0. The van der Waals surface area contributed by atoms with Gasteiger partial charge in [0, 0.05) is 12.1 Å². The van der Waals surface area contributed by atoms with Crippen LogP contribution in [-0.4, -0.2) is 26.0 Å². The standard InChI is InChI=1S/C10H13ClN2O3/c1-15-8-4-7(13-10(14)5-11)9(16-2)3-6(8)12/h3-4H,5,12H2,1-2H3,(H,13,14). The Balaban J connectivity index is 3.09. The van der Waals surface area contributed by atoms with E-state index in [-0.39, 0.29) is 11.8 Å². The van der Waals surface area contributed by atoms with Gasteiger partial charge in [0.05, 0.1) is 25.6 Å². The summed E-state index contributed by atoms with van der Waals surface area (Å²) in [5.74, 6) is 0.463. The number of hydrogen-bond donors (Lipinski definition) is 2. The van der Waals surface area contributed by atoms with Crippen molar-refractivity contribution in [3.63, 3.8) is 0 Å². The third kappa shape index (κ3) is 2.70. The minimum absolute atomic E-state index is 0.129. The number of nitrogen functional groups attached to an aromatic ring is 1. The molecule has 0 heterocycles. The van der Waals surface area contributed by atoms with Crippen molar-refractivity contribution in [3.8, 4) is 11.5 Å². The van der Waals surface area contributed by atoms with Crippen LogP contribution in [0.5, 0.6) is 11.5 Å². The van der Waals surface area contributed by atoms with E-state index in [1.807, 2.05) is 0 Å². The van der Waals surface area contributed by atoms with Gasteiger partial charge in [0.2, 0.25) is 5.91 Å². The highest BCUT2D eigenvalue weighted by molar-refractivity contribution is 6.29. The maximum Gasteiger partial charge on any atom is 0.239 e. The zero-order valence-corrected chi connectivity index (χ0v) is 9.80. The van der Waals surface area contributed by atoms with Gasteiger partial charge in [0.25, 0.3) is 0 Å². The number of nitrogens with two attached hydrogens (primary N) is 1. The number of amides is 1. The number of nitrogens with one attached hydrogen (secondary N) is 1. The van der Waals surface area contributed by atoms with Gasteiger partial charge >= 0.3 is 0 Å². The molecule has 3 N–H and O–H groups in total. The quantitative estimate of drug-likeness (QED) is 0.621. The van der Waals surface area contributed by atoms with E-state index in [0.29, 0.717) is 22.9 Å². The monoisotopic (exact) mass is 244 g/mol. The summed E-state index contributed by atoms with van der Waals surface area (Å²) in [6.07, 6.45) is 0. The Morgan fingerprint density at radius 1 is 1.38 bits per heavy atom. The van der Waals surface area contributed by atoms with Crippen molar-refractivity contribution in [1.82, 2.24) is 0 Å². The van der Waals surface area contributed by atoms with Gasteiger partial charge < -0.3 is 20.5 Å². The molecule has 0 atom stereocenters. The molecule has 0 fully saturated rings. The van der Waals surface area contributed by atoms with E-state index in [4.69, 9.17) is 26.8 Å². The van der Waals surface area contributed by atoms with Crippen molar-refractivity contribution in [1.29, 1.82) is 0 Å². The second-order valence-corrected chi connectivity index (χ2v) is 3.24. The molecule has 1 aromatic carbocycles. The third-order valence-corrected chi connectivity index (χ3v) is 2.19. The zero-order chi connectivity index (χ0) is 12.1. The molecule has 1 aromatic rings. The van der Waals surface area contributed by atoms with Crippen LogP contribution in [0.4, 0.5) is 11.4 Å². The highest BCUT2D eigenvalue weighted by Gasteiger charge is 2.11. The number of halogens is 1. The molecular weight excluding hydrogens is 232 g/mol. The average Bonchev–Trinajstić information content (AvgIpc) is 2.30. The molecule has 5 nitrogen and oxygen atoms in total. The Labute approximate surface area is 98.5 Å². The molecule has 0 aromatic heterocycles. The van der Waals surface area contributed by atoms with E-state index >= 15 is 0 Å². The minimum atomic E-state index is -0.327. The van der Waals surface area contributed by atoms with Gasteiger partial charge in [-0.25, -0.2) is 0 Å². The smallest absolute Gasteiger partial charge is 0.239 e. The van der Waals surface area contributed by atoms with Crippen LogP contribution in [0.1, 0.15) is 0 Å². The fourth-order valence-electron chi connectivity index (χ4n) is 1.20. The van der Waals surface area contributed by atoms with Crippen LogP contribution in [0.3, 0.4) is 0 Å². The van der Waals surface area contributed by atoms with Crippen molar-refractivity contribution in [2.75, 3.05) is 31.2 Å². The fraction of sp³-hybridized carbons (Fsp3) is 0.300. The highest BCUT2D eigenvalue weighted by atomic mass is 35.5. The molecule has 1 amide bonds. The predicted octanol–water partition coefficient (Wildman–Crippen LogP) is 1.46. The number of carbonyl (C=O) groups is 1. The van der Waals surface area contributed by atoms with E-state index in [1.54, 1.807) is 12.1 Å². The van der Waals surface area contributed by atoms with Crippen molar-refractivity contribution in [2.24, 2.45) is 0 Å². The maximum atomic E-state index is 11.2. The lowest BCUT2D eigenvalue weighted by Gasteiger charge is -2.12. The first-order chi connectivity index (χ1) is 7.62. The van der Waals surface area contributed by atoms with Crippen LogP contribution in [0, 0.1) is 0 Å². The zero-order valence-electron chi connectivity index (χ0n) is 9.04. The molecule has 0 saturated heterocycles. The summed E-state index contributed by atoms with van der Waals surface area (Å²) in [7, 11) is 2.98. The van der Waals surface area contributed by atoms with Gasteiger partial charge in [-0.1, -0.05) is 0 Å². The fourth-order valence-corrected chi connectivity index (χ4v) is 1.27. The molecule has 0 aliphatic heterocycles. The Morgan fingerprint density at radius 3 is 2.50 bits per heavy atom. The predicted molar refractivity (Wildman–Crippen MR) is 63.3 cm³/mol. The van der Waals surface area contributed by atoms with Crippen LogP contribution in [-0.2, 0) is 4.79 Å². The molecule has 16 heavy (non-hydrogen) atoms. The van der Waals surface area contributed by atoms with Gasteiger partial charge in [-0.3, -0.25) is 4.79 Å². The Morgan fingerprint density at radius 2 is 2.00 bits per heavy atom. The molecule has 1 rings (SSSR count). The number of ether oxygens (including phenoxy) is 2. The summed E-state index contributed by atoms with van der Waals surface area (Å²) in [6, 6.07) is 3.15. The Kier molecular flexibility index (Phi) is 4.25. The first-order valence-corrected chi connectivity index (χ1v) is 5.03. The lowest BCUT2D eigenvalue weighted by atomic mass is 10.2. The molecule has 0 bridgehead atoms. The number of carbonyl (C=O) groups excluding carboxylic acids is 1. The van der Waals surface area contributed by atoms with Crippen LogP contribution in [0.25, 0.3) is 0 Å². The minimum Gasteiger partial charge on any atom is -0.495 e. The summed E-state index contributed by atoms with van der Waals surface area (Å²) in [5, 5.41) is 2.58. The first-order valence-electron chi connectivity index (χ1n) is 4.49. The van der Waals surface area contributed by atoms with Gasteiger partial charge in [-0.2, -0.15) is 0 Å². The van der Waals surface area contributed by atoms with Crippen LogP contribution >= 0.6 is 11.6 Å². The lowest BCUT2D eigenvalue weighted by Crippen LogP contribution is -2.13. The van der Waals surface area contributed by atoms with E-state index < -0.39 is 0 Å². The van der Waals surface area contributed by atoms with Crippen molar-refractivity contribution >= 4 is 28.9 Å². The lowest BCUT2D eigenvalue weighted by molar-refractivity contribution is -0.113. The topological polar surface area (TPSA) is 73.6 Å². The first kappa shape index (κ1) is 12.4. The van der Waals surface area contributed by atoms with E-state index in [9.17, 15) is 4.79 Å². The van der Waals surface area contributed by atoms with E-state index in [2.05, 4.69) is 5.32 Å². The normalized spacial score (nSPS) is 9.69. The Bertz CT molecular complexity index is 396. The van der Waals surface area contributed by atoms with Crippen LogP contribution in [0.15, 0.2) is 12.1 Å². The summed E-state index contributed by atoms with van der Waals surface area (Å²) in [5.41, 5.74) is 6.60. The number of hydrogen-bond acceptors (Lipinski definition) is 4. The number of benzene rings is 1. The molecular formula is C10H13ClN2O3. The van der Waals surface area contributed by atoms with Crippen molar-refractivity contribution < 1.29 is 14.3 Å². The van der Waals surface area contributed by atoms with Crippen LogP contribution in [0.2, 0.25) is 0 Å². The molecule has 0 saturated carbocycles. The number of alkyl halides is 1. The van der Waals surface area contributed by atoms with Gasteiger partial charge in [0.1, 0.15) is 17.4 Å². The maximum absolute atomic E-state index is 11.2. The summed E-state index contributed by atoms with van der Waals surface area (Å²) >= 11 is 5.39. The summed E-state index contributed by atoms with van der Waals surface area (Å²) < 4.78 is 10.1. The Hall–Kier alpha value is -1.62. The van der Waals surface area contributed by atoms with Gasteiger partial charge in [0.15, 0.2) is 0 Å². The van der Waals surface area contributed by atoms with Crippen molar-refractivity contribution in [3.05, 3.63) is 12.1 Å². The molecule has 0 aliphatic rings. The van der Waals surface area contributed by atoms with Gasteiger partial charge in [-0.05, 0) is 0 Å². The van der Waals surface area contributed by atoms with E-state index in [1.165, 1.54) is 14.2 Å². The van der Waals surface area contributed by atoms with Crippen molar-refractivity contribution in [2.45, 2.75) is 0 Å². The van der Waals surface area contributed by atoms with Gasteiger partial charge in [-0.15, -0.1) is 11.6 Å². The number of rotatable bonds is 4.